The number of hydrogen-bond acceptors (Lipinski definition) is 5. The molecular weight excluding hydrogens is 296 g/mol. The highest BCUT2D eigenvalue weighted by atomic mass is 32.1. The predicted octanol–water partition coefficient (Wildman–Crippen LogP) is 2.46. The molecule has 20 heavy (non-hydrogen) atoms. The summed E-state index contributed by atoms with van der Waals surface area (Å²) in [5.41, 5.74) is 0.902. The van der Waals surface area contributed by atoms with Crippen LogP contribution in [0.3, 0.4) is 0 Å². The van der Waals surface area contributed by atoms with Gasteiger partial charge in [-0.25, -0.2) is 4.79 Å². The van der Waals surface area contributed by atoms with Crippen molar-refractivity contribution in [2.24, 2.45) is 0 Å². The van der Waals surface area contributed by atoms with E-state index in [0.717, 1.165) is 10.6 Å². The highest BCUT2D eigenvalue weighted by Crippen LogP contribution is 2.16. The van der Waals surface area contributed by atoms with E-state index in [1.807, 2.05) is 6.92 Å². The van der Waals surface area contributed by atoms with Gasteiger partial charge >= 0.3 is 5.97 Å². The molecule has 1 N–H and O–H groups in total. The van der Waals surface area contributed by atoms with Crippen molar-refractivity contribution < 1.29 is 14.3 Å². The molecule has 0 spiro atoms. The van der Waals surface area contributed by atoms with Gasteiger partial charge < -0.3 is 14.6 Å². The summed E-state index contributed by atoms with van der Waals surface area (Å²) in [6.07, 6.45) is 0.0461. The second-order valence-corrected chi connectivity index (χ2v) is 6.68. The minimum atomic E-state index is -0.600. The van der Waals surface area contributed by atoms with Gasteiger partial charge in [-0.3, -0.25) is 4.79 Å². The SMILES string of the molecule is Cc1[nH]c(=S)sc1CC(=O)N(C)[C@H](C)C(=O)OC(C)C. The third kappa shape index (κ3) is 4.42. The Hall–Kier alpha value is -1.21. The Morgan fingerprint density at radius 2 is 2.00 bits per heavy atom. The van der Waals surface area contributed by atoms with E-state index >= 15 is 0 Å². The summed E-state index contributed by atoms with van der Waals surface area (Å²) in [6, 6.07) is -0.600. The Labute approximate surface area is 127 Å². The third-order valence-electron chi connectivity index (χ3n) is 2.90. The molecule has 0 fully saturated rings. The van der Waals surface area contributed by atoms with Crippen LogP contribution in [-0.4, -0.2) is 41.0 Å². The molecule has 0 aliphatic carbocycles. The standard InChI is InChI=1S/C13H20N2O3S2/c1-7(2)18-12(17)9(4)15(5)11(16)6-10-8(3)14-13(19)20-10/h7,9H,6H2,1-5H3,(H,14,19)/t9-/m1/s1. The van der Waals surface area contributed by atoms with Gasteiger partial charge in [-0.15, -0.1) is 11.3 Å². The minimum Gasteiger partial charge on any atom is -0.461 e. The molecule has 0 radical (unpaired) electrons. The number of likely N-dealkylation sites (N-methyl/N-ethyl adjacent to an activating group) is 1. The summed E-state index contributed by atoms with van der Waals surface area (Å²) in [7, 11) is 1.61. The number of carbonyl (C=O) groups excluding carboxylic acids is 2. The Bertz CT molecular complexity index is 548. The fourth-order valence-corrected chi connectivity index (χ4v) is 2.85. The molecular formula is C13H20N2O3S2. The average Bonchev–Trinajstić information content (AvgIpc) is 2.64. The molecule has 112 valence electrons. The summed E-state index contributed by atoms with van der Waals surface area (Å²) in [6.45, 7) is 7.10. The van der Waals surface area contributed by atoms with Crippen LogP contribution in [0.4, 0.5) is 0 Å². The topological polar surface area (TPSA) is 62.4 Å². The Morgan fingerprint density at radius 1 is 1.40 bits per heavy atom. The molecule has 0 saturated carbocycles. The first-order valence-corrected chi connectivity index (χ1v) is 7.59. The van der Waals surface area contributed by atoms with Crippen LogP contribution in [0.2, 0.25) is 0 Å². The lowest BCUT2D eigenvalue weighted by molar-refractivity contribution is -0.156. The van der Waals surface area contributed by atoms with Crippen molar-refractivity contribution in [3.05, 3.63) is 14.5 Å². The van der Waals surface area contributed by atoms with Crippen molar-refractivity contribution in [2.75, 3.05) is 7.05 Å². The molecule has 1 rings (SSSR count). The van der Waals surface area contributed by atoms with Gasteiger partial charge in [-0.05, 0) is 39.9 Å². The molecule has 1 aromatic rings. The normalized spacial score (nSPS) is 12.3. The highest BCUT2D eigenvalue weighted by Gasteiger charge is 2.25. The molecule has 0 aliphatic heterocycles. The van der Waals surface area contributed by atoms with Gasteiger partial charge in [0, 0.05) is 17.6 Å². The molecule has 1 atom stereocenters. The first kappa shape index (κ1) is 16.8. The average molecular weight is 316 g/mol. The van der Waals surface area contributed by atoms with Gasteiger partial charge in [0.1, 0.15) is 6.04 Å². The van der Waals surface area contributed by atoms with E-state index in [1.54, 1.807) is 27.8 Å². The van der Waals surface area contributed by atoms with E-state index in [9.17, 15) is 9.59 Å². The number of carbonyl (C=O) groups is 2. The third-order valence-corrected chi connectivity index (χ3v) is 4.24. The number of nitrogens with one attached hydrogen (secondary N) is 1. The summed E-state index contributed by atoms with van der Waals surface area (Å²) in [5, 5.41) is 0. The number of nitrogens with zero attached hydrogens (tertiary/aromatic N) is 1. The number of amides is 1. The fourth-order valence-electron chi connectivity index (χ4n) is 1.57. The second-order valence-electron chi connectivity index (χ2n) is 4.91. The summed E-state index contributed by atoms with van der Waals surface area (Å²) < 4.78 is 5.76. The number of aryl methyl sites for hydroxylation is 1. The first-order valence-electron chi connectivity index (χ1n) is 6.37. The first-order chi connectivity index (χ1) is 9.22. The molecule has 1 amide bonds. The lowest BCUT2D eigenvalue weighted by Gasteiger charge is -2.24. The molecule has 5 nitrogen and oxygen atoms in total. The van der Waals surface area contributed by atoms with Crippen molar-refractivity contribution in [3.63, 3.8) is 0 Å². The highest BCUT2D eigenvalue weighted by molar-refractivity contribution is 7.73. The van der Waals surface area contributed by atoms with Gasteiger partial charge in [0.05, 0.1) is 12.5 Å². The lowest BCUT2D eigenvalue weighted by Crippen LogP contribution is -2.42. The Balaban J connectivity index is 2.69. The smallest absolute Gasteiger partial charge is 0.328 e. The number of rotatable bonds is 5. The van der Waals surface area contributed by atoms with E-state index < -0.39 is 12.0 Å². The number of aromatic amines is 1. The number of hydrogen-bond donors (Lipinski definition) is 1. The monoisotopic (exact) mass is 316 g/mol. The molecule has 7 heteroatoms. The van der Waals surface area contributed by atoms with Crippen LogP contribution < -0.4 is 0 Å². The van der Waals surface area contributed by atoms with Crippen molar-refractivity contribution in [1.82, 2.24) is 9.88 Å². The van der Waals surface area contributed by atoms with Crippen LogP contribution in [0.1, 0.15) is 31.3 Å². The number of esters is 1. The number of H-pyrrole nitrogens is 1. The van der Waals surface area contributed by atoms with E-state index in [0.29, 0.717) is 3.95 Å². The molecule has 0 bridgehead atoms. The van der Waals surface area contributed by atoms with Gasteiger partial charge in [0.2, 0.25) is 5.91 Å². The number of ether oxygens (including phenoxy) is 1. The van der Waals surface area contributed by atoms with Crippen LogP contribution in [0.5, 0.6) is 0 Å². The van der Waals surface area contributed by atoms with E-state index in [4.69, 9.17) is 17.0 Å². The largest absolute Gasteiger partial charge is 0.461 e. The van der Waals surface area contributed by atoms with Crippen molar-refractivity contribution in [3.8, 4) is 0 Å². The van der Waals surface area contributed by atoms with Crippen molar-refractivity contribution >= 4 is 35.4 Å². The quantitative estimate of drug-likeness (QED) is 0.669. The molecule has 1 heterocycles. The van der Waals surface area contributed by atoms with Crippen LogP contribution in [-0.2, 0) is 20.7 Å². The maximum absolute atomic E-state index is 12.2. The number of thiazole rings is 1. The Morgan fingerprint density at radius 3 is 2.45 bits per heavy atom. The van der Waals surface area contributed by atoms with Crippen molar-refractivity contribution in [2.45, 2.75) is 46.3 Å². The van der Waals surface area contributed by atoms with Crippen LogP contribution in [0.15, 0.2) is 0 Å². The molecule has 0 unspecified atom stereocenters. The van der Waals surface area contributed by atoms with Crippen LogP contribution in [0, 0.1) is 10.9 Å². The van der Waals surface area contributed by atoms with Gasteiger partial charge in [0.25, 0.3) is 0 Å². The zero-order chi connectivity index (χ0) is 15.4. The van der Waals surface area contributed by atoms with Crippen molar-refractivity contribution in [1.29, 1.82) is 0 Å². The van der Waals surface area contributed by atoms with Gasteiger partial charge in [0.15, 0.2) is 3.95 Å². The van der Waals surface area contributed by atoms with E-state index in [2.05, 4.69) is 4.98 Å². The zero-order valence-electron chi connectivity index (χ0n) is 12.4. The molecule has 0 aromatic carbocycles. The van der Waals surface area contributed by atoms with E-state index in [1.165, 1.54) is 16.2 Å². The maximum atomic E-state index is 12.2. The summed E-state index contributed by atoms with van der Waals surface area (Å²) >= 11 is 6.43. The molecule has 0 aliphatic rings. The van der Waals surface area contributed by atoms with E-state index in [-0.39, 0.29) is 18.4 Å². The predicted molar refractivity (Wildman–Crippen MR) is 81.4 cm³/mol. The summed E-state index contributed by atoms with van der Waals surface area (Å²) in [5.74, 6) is -0.527. The number of aromatic nitrogens is 1. The fraction of sp³-hybridized carbons (Fsp3) is 0.615. The Kier molecular flexibility index (Phi) is 5.88. The molecule has 1 aromatic heterocycles. The second kappa shape index (κ2) is 6.99. The zero-order valence-corrected chi connectivity index (χ0v) is 14.0. The maximum Gasteiger partial charge on any atom is 0.328 e. The van der Waals surface area contributed by atoms with Crippen LogP contribution >= 0.6 is 23.6 Å². The van der Waals surface area contributed by atoms with Gasteiger partial charge in [-0.1, -0.05) is 0 Å². The van der Waals surface area contributed by atoms with Gasteiger partial charge in [-0.2, -0.15) is 0 Å². The minimum absolute atomic E-state index is 0.133. The lowest BCUT2D eigenvalue weighted by atomic mass is 10.2. The molecule has 0 saturated heterocycles. The summed E-state index contributed by atoms with van der Waals surface area (Å²) in [4.78, 5) is 29.3. The van der Waals surface area contributed by atoms with Crippen LogP contribution in [0.25, 0.3) is 0 Å².